The lowest BCUT2D eigenvalue weighted by molar-refractivity contribution is -0.134. The predicted molar refractivity (Wildman–Crippen MR) is 117 cm³/mol. The van der Waals surface area contributed by atoms with Gasteiger partial charge in [0.1, 0.15) is 12.1 Å². The molecule has 2 amide bonds. The molecule has 160 valence electrons. The second-order valence-corrected chi connectivity index (χ2v) is 9.15. The number of aliphatic hydroxyl groups is 1. The Morgan fingerprint density at radius 1 is 1.03 bits per heavy atom. The van der Waals surface area contributed by atoms with Crippen molar-refractivity contribution in [2.45, 2.75) is 24.5 Å². The second kappa shape index (κ2) is 8.13. The minimum Gasteiger partial charge on any atom is -0.372 e. The number of aliphatic hydroxyl groups excluding tert-OH is 1. The molecule has 2 unspecified atom stereocenters. The van der Waals surface area contributed by atoms with Crippen molar-refractivity contribution >= 4 is 38.3 Å². The van der Waals surface area contributed by atoms with Crippen molar-refractivity contribution < 1.29 is 23.1 Å². The number of sulfonamides is 1. The molecule has 1 heterocycles. The van der Waals surface area contributed by atoms with Gasteiger partial charge in [0.15, 0.2) is 0 Å². The average molecular weight is 439 g/mol. The second-order valence-electron chi connectivity index (χ2n) is 7.34. The van der Waals surface area contributed by atoms with Crippen molar-refractivity contribution in [2.24, 2.45) is 5.92 Å². The first kappa shape index (κ1) is 21.0. The summed E-state index contributed by atoms with van der Waals surface area (Å²) >= 11 is 0. The van der Waals surface area contributed by atoms with E-state index in [9.17, 15) is 23.1 Å². The van der Waals surface area contributed by atoms with Gasteiger partial charge >= 0.3 is 0 Å². The molecule has 7 nitrogen and oxygen atoms in total. The molecule has 4 rings (SSSR count). The van der Waals surface area contributed by atoms with Crippen molar-refractivity contribution in [3.63, 3.8) is 0 Å². The van der Waals surface area contributed by atoms with Crippen LogP contribution >= 0.6 is 0 Å². The Labute approximate surface area is 180 Å². The number of hydrogen-bond acceptors (Lipinski definition) is 5. The molecule has 0 spiro atoms. The number of amides is 2. The molecular weight excluding hydrogens is 416 g/mol. The molecular formula is C23H22N2O5S. The lowest BCUT2D eigenvalue weighted by Crippen LogP contribution is -2.42. The SMILES string of the molecule is CCN(C(=O)C1CC(O)N(S(=O)(=O)c2ccc3ccccc3c2)C1=O)c1ccccc1. The summed E-state index contributed by atoms with van der Waals surface area (Å²) in [6, 6.07) is 20.6. The zero-order chi connectivity index (χ0) is 22.2. The summed E-state index contributed by atoms with van der Waals surface area (Å²) in [5.74, 6) is -2.72. The molecule has 2 atom stereocenters. The zero-order valence-corrected chi connectivity index (χ0v) is 17.7. The molecule has 1 saturated heterocycles. The van der Waals surface area contributed by atoms with Crippen LogP contribution < -0.4 is 4.90 Å². The molecule has 3 aromatic carbocycles. The van der Waals surface area contributed by atoms with E-state index in [4.69, 9.17) is 0 Å². The van der Waals surface area contributed by atoms with Gasteiger partial charge < -0.3 is 10.0 Å². The van der Waals surface area contributed by atoms with Gasteiger partial charge in [0, 0.05) is 18.7 Å². The molecule has 1 fully saturated rings. The fraction of sp³-hybridized carbons (Fsp3) is 0.217. The van der Waals surface area contributed by atoms with Crippen LogP contribution in [0.1, 0.15) is 13.3 Å². The van der Waals surface area contributed by atoms with Crippen molar-refractivity contribution in [3.8, 4) is 0 Å². The van der Waals surface area contributed by atoms with E-state index in [1.807, 2.05) is 18.2 Å². The van der Waals surface area contributed by atoms with E-state index < -0.39 is 34.0 Å². The fourth-order valence-corrected chi connectivity index (χ4v) is 5.41. The monoisotopic (exact) mass is 438 g/mol. The van der Waals surface area contributed by atoms with Crippen LogP contribution in [0.2, 0.25) is 0 Å². The molecule has 1 N–H and O–H groups in total. The molecule has 3 aromatic rings. The number of carbonyl (C=O) groups excluding carboxylic acids is 2. The summed E-state index contributed by atoms with van der Waals surface area (Å²) < 4.78 is 26.8. The number of hydrogen-bond donors (Lipinski definition) is 1. The smallest absolute Gasteiger partial charge is 0.268 e. The van der Waals surface area contributed by atoms with Crippen LogP contribution in [0, 0.1) is 5.92 Å². The normalized spacial score (nSPS) is 19.0. The van der Waals surface area contributed by atoms with Gasteiger partial charge in [0.2, 0.25) is 5.91 Å². The Balaban J connectivity index is 1.65. The van der Waals surface area contributed by atoms with Gasteiger partial charge in [-0.25, -0.2) is 12.7 Å². The third kappa shape index (κ3) is 3.68. The standard InChI is InChI=1S/C23H22N2O5S/c1-2-24(18-10-4-3-5-11-18)22(27)20-15-21(26)25(23(20)28)31(29,30)19-13-12-16-8-6-7-9-17(16)14-19/h3-14,20-21,26H,2,15H2,1H3. The summed E-state index contributed by atoms with van der Waals surface area (Å²) in [6.45, 7) is 2.07. The number of benzene rings is 3. The van der Waals surface area contributed by atoms with Gasteiger partial charge in [-0.1, -0.05) is 48.5 Å². The van der Waals surface area contributed by atoms with E-state index in [-0.39, 0.29) is 11.3 Å². The first-order valence-corrected chi connectivity index (χ1v) is 11.4. The fourth-order valence-electron chi connectivity index (χ4n) is 3.90. The van der Waals surface area contributed by atoms with Gasteiger partial charge in [-0.3, -0.25) is 9.59 Å². The summed E-state index contributed by atoms with van der Waals surface area (Å²) in [6.07, 6.45) is -1.89. The highest BCUT2D eigenvalue weighted by atomic mass is 32.2. The minimum absolute atomic E-state index is 0.109. The highest BCUT2D eigenvalue weighted by molar-refractivity contribution is 7.89. The molecule has 0 aromatic heterocycles. The van der Waals surface area contributed by atoms with Crippen LogP contribution in [0.4, 0.5) is 5.69 Å². The molecule has 0 saturated carbocycles. The highest BCUT2D eigenvalue weighted by Crippen LogP contribution is 2.33. The number of nitrogens with zero attached hydrogens (tertiary/aromatic N) is 2. The van der Waals surface area contributed by atoms with Crippen molar-refractivity contribution in [3.05, 3.63) is 72.8 Å². The summed E-state index contributed by atoms with van der Waals surface area (Å²) in [7, 11) is -4.33. The van der Waals surface area contributed by atoms with E-state index in [2.05, 4.69) is 0 Å². The minimum atomic E-state index is -4.33. The Bertz CT molecular complexity index is 1240. The molecule has 0 bridgehead atoms. The Kier molecular flexibility index (Phi) is 5.51. The Morgan fingerprint density at radius 3 is 2.35 bits per heavy atom. The third-order valence-electron chi connectivity index (χ3n) is 5.46. The van der Waals surface area contributed by atoms with Crippen molar-refractivity contribution in [2.75, 3.05) is 11.4 Å². The zero-order valence-electron chi connectivity index (χ0n) is 16.9. The molecule has 0 aliphatic carbocycles. The maximum atomic E-state index is 13.2. The Hall–Kier alpha value is -3.23. The number of anilines is 1. The Morgan fingerprint density at radius 2 is 1.68 bits per heavy atom. The van der Waals surface area contributed by atoms with E-state index >= 15 is 0 Å². The van der Waals surface area contributed by atoms with Gasteiger partial charge in [-0.15, -0.1) is 0 Å². The first-order valence-electron chi connectivity index (χ1n) is 9.96. The lowest BCUT2D eigenvalue weighted by atomic mass is 10.1. The third-order valence-corrected chi connectivity index (χ3v) is 7.25. The van der Waals surface area contributed by atoms with Gasteiger partial charge in [0.05, 0.1) is 4.90 Å². The number of fused-ring (bicyclic) bond motifs is 1. The van der Waals surface area contributed by atoms with E-state index in [1.165, 1.54) is 17.0 Å². The van der Waals surface area contributed by atoms with Crippen LogP contribution in [0.15, 0.2) is 77.7 Å². The quantitative estimate of drug-likeness (QED) is 0.618. The van der Waals surface area contributed by atoms with Crippen LogP contribution in [-0.4, -0.2) is 42.4 Å². The van der Waals surface area contributed by atoms with Crippen molar-refractivity contribution in [1.29, 1.82) is 0 Å². The largest absolute Gasteiger partial charge is 0.372 e. The maximum Gasteiger partial charge on any atom is 0.268 e. The van der Waals surface area contributed by atoms with Crippen LogP contribution in [0.25, 0.3) is 10.8 Å². The number of para-hydroxylation sites is 1. The summed E-state index contributed by atoms with van der Waals surface area (Å²) in [5.41, 5.74) is 0.605. The first-order chi connectivity index (χ1) is 14.8. The summed E-state index contributed by atoms with van der Waals surface area (Å²) in [4.78, 5) is 27.4. The predicted octanol–water partition coefficient (Wildman–Crippen LogP) is 2.75. The maximum absolute atomic E-state index is 13.2. The van der Waals surface area contributed by atoms with Crippen molar-refractivity contribution in [1.82, 2.24) is 4.31 Å². The molecule has 1 aliphatic rings. The average Bonchev–Trinajstić information content (AvgIpc) is 3.09. The van der Waals surface area contributed by atoms with Gasteiger partial charge in [-0.2, -0.15) is 0 Å². The lowest BCUT2D eigenvalue weighted by Gasteiger charge is -2.24. The molecule has 1 aliphatic heterocycles. The highest BCUT2D eigenvalue weighted by Gasteiger charge is 2.50. The van der Waals surface area contributed by atoms with Crippen LogP contribution in [-0.2, 0) is 19.6 Å². The van der Waals surface area contributed by atoms with E-state index in [1.54, 1.807) is 49.4 Å². The van der Waals surface area contributed by atoms with Gasteiger partial charge in [0.25, 0.3) is 15.9 Å². The van der Waals surface area contributed by atoms with Gasteiger partial charge in [-0.05, 0) is 42.0 Å². The summed E-state index contributed by atoms with van der Waals surface area (Å²) in [5, 5.41) is 12.0. The van der Waals surface area contributed by atoms with E-state index in [0.29, 0.717) is 21.9 Å². The molecule has 8 heteroatoms. The van der Waals surface area contributed by atoms with E-state index in [0.717, 1.165) is 5.39 Å². The molecule has 31 heavy (non-hydrogen) atoms. The van der Waals surface area contributed by atoms with Crippen LogP contribution in [0.5, 0.6) is 0 Å². The topological polar surface area (TPSA) is 95.0 Å². The molecule has 0 radical (unpaired) electrons. The number of rotatable bonds is 5. The number of carbonyl (C=O) groups is 2. The van der Waals surface area contributed by atoms with Crippen LogP contribution in [0.3, 0.4) is 0 Å².